The number of nitrogens with two attached hydrogens (primary N) is 1. The van der Waals surface area contributed by atoms with E-state index in [0.717, 1.165) is 23.6 Å². The molecule has 1 atom stereocenters. The van der Waals surface area contributed by atoms with Gasteiger partial charge in [-0.05, 0) is 19.3 Å². The molecule has 1 aliphatic carbocycles. The first-order chi connectivity index (χ1) is 8.29. The van der Waals surface area contributed by atoms with Gasteiger partial charge in [0.05, 0.1) is 24.3 Å². The molecule has 2 aromatic rings. The zero-order valence-corrected chi connectivity index (χ0v) is 9.84. The molecule has 0 aromatic carbocycles. The van der Waals surface area contributed by atoms with Gasteiger partial charge in [0.1, 0.15) is 5.69 Å². The second-order valence-electron chi connectivity index (χ2n) is 4.55. The van der Waals surface area contributed by atoms with Crippen LogP contribution in [0.25, 0.3) is 11.4 Å². The van der Waals surface area contributed by atoms with Gasteiger partial charge in [0.2, 0.25) is 0 Å². The Bertz CT molecular complexity index is 512. The van der Waals surface area contributed by atoms with Crippen LogP contribution in [0, 0.1) is 0 Å². The van der Waals surface area contributed by atoms with Gasteiger partial charge < -0.3 is 14.8 Å². The van der Waals surface area contributed by atoms with Crippen LogP contribution in [-0.2, 0) is 0 Å². The summed E-state index contributed by atoms with van der Waals surface area (Å²) in [4.78, 5) is 4.18. The molecule has 1 saturated carbocycles. The monoisotopic (exact) mass is 232 g/mol. The molecule has 0 bridgehead atoms. The molecule has 17 heavy (non-hydrogen) atoms. The van der Waals surface area contributed by atoms with E-state index < -0.39 is 0 Å². The van der Waals surface area contributed by atoms with Gasteiger partial charge in [0.25, 0.3) is 0 Å². The summed E-state index contributed by atoms with van der Waals surface area (Å²) in [6, 6.07) is 2.44. The Hall–Kier alpha value is -1.62. The molecule has 5 nitrogen and oxygen atoms in total. The van der Waals surface area contributed by atoms with Crippen LogP contribution in [0.15, 0.2) is 23.1 Å². The van der Waals surface area contributed by atoms with Gasteiger partial charge in [-0.15, -0.1) is 0 Å². The second-order valence-corrected chi connectivity index (χ2v) is 4.55. The summed E-state index contributed by atoms with van der Waals surface area (Å²) >= 11 is 0. The van der Waals surface area contributed by atoms with Gasteiger partial charge in [0, 0.05) is 12.1 Å². The van der Waals surface area contributed by atoms with Crippen molar-refractivity contribution in [1.82, 2.24) is 14.7 Å². The Morgan fingerprint density at radius 1 is 1.59 bits per heavy atom. The largest absolute Gasteiger partial charge is 0.359 e. The maximum atomic E-state index is 5.92. The zero-order valence-electron chi connectivity index (χ0n) is 9.84. The second kappa shape index (κ2) is 4.00. The van der Waals surface area contributed by atoms with Crippen molar-refractivity contribution in [1.29, 1.82) is 0 Å². The maximum Gasteiger partial charge on any atom is 0.154 e. The lowest BCUT2D eigenvalue weighted by molar-refractivity contribution is 0.360. The van der Waals surface area contributed by atoms with E-state index in [2.05, 4.69) is 14.7 Å². The summed E-state index contributed by atoms with van der Waals surface area (Å²) in [5.74, 6) is 0.742. The van der Waals surface area contributed by atoms with Crippen LogP contribution in [0.1, 0.15) is 44.0 Å². The summed E-state index contributed by atoms with van der Waals surface area (Å²) in [5, 5.41) is 4.08. The molecule has 5 heteroatoms. The van der Waals surface area contributed by atoms with E-state index in [1.807, 2.05) is 25.5 Å². The van der Waals surface area contributed by atoms with Gasteiger partial charge in [-0.2, -0.15) is 0 Å². The Balaban J connectivity index is 1.92. The number of hydrogen-bond donors (Lipinski definition) is 1. The predicted molar refractivity (Wildman–Crippen MR) is 63.2 cm³/mol. The van der Waals surface area contributed by atoms with Crippen molar-refractivity contribution in [2.45, 2.75) is 38.3 Å². The zero-order chi connectivity index (χ0) is 11.8. The molecular formula is C12H16N4O. The van der Waals surface area contributed by atoms with Crippen molar-refractivity contribution in [3.8, 4) is 11.4 Å². The van der Waals surface area contributed by atoms with Crippen molar-refractivity contribution in [3.05, 3.63) is 24.4 Å². The summed E-state index contributed by atoms with van der Waals surface area (Å²) in [6.45, 7) is 2.03. The van der Waals surface area contributed by atoms with E-state index in [4.69, 9.17) is 10.3 Å². The van der Waals surface area contributed by atoms with E-state index in [9.17, 15) is 0 Å². The minimum absolute atomic E-state index is 0.0754. The third-order valence-electron chi connectivity index (χ3n) is 3.20. The number of hydrogen-bond acceptors (Lipinski definition) is 4. The van der Waals surface area contributed by atoms with Crippen molar-refractivity contribution in [2.75, 3.05) is 0 Å². The number of nitrogens with zero attached hydrogens (tertiary/aromatic N) is 3. The highest BCUT2D eigenvalue weighted by atomic mass is 16.5. The number of rotatable bonds is 4. The van der Waals surface area contributed by atoms with Crippen molar-refractivity contribution in [3.63, 3.8) is 0 Å². The minimum atomic E-state index is -0.0754. The Labute approximate surface area is 99.6 Å². The smallest absolute Gasteiger partial charge is 0.154 e. The van der Waals surface area contributed by atoms with E-state index in [1.54, 1.807) is 0 Å². The molecule has 2 heterocycles. The highest BCUT2D eigenvalue weighted by Crippen LogP contribution is 2.38. The molecule has 2 N–H and O–H groups in total. The van der Waals surface area contributed by atoms with Crippen LogP contribution in [0.5, 0.6) is 0 Å². The van der Waals surface area contributed by atoms with Crippen LogP contribution in [-0.4, -0.2) is 14.7 Å². The van der Waals surface area contributed by atoms with Crippen LogP contribution in [0.4, 0.5) is 0 Å². The normalized spacial score (nSPS) is 17.3. The van der Waals surface area contributed by atoms with Gasteiger partial charge in [0.15, 0.2) is 5.76 Å². The fraction of sp³-hybridized carbons (Fsp3) is 0.500. The molecule has 0 spiro atoms. The minimum Gasteiger partial charge on any atom is -0.359 e. The van der Waals surface area contributed by atoms with Crippen LogP contribution in [0.3, 0.4) is 0 Å². The molecule has 0 aliphatic heterocycles. The van der Waals surface area contributed by atoms with E-state index >= 15 is 0 Å². The molecule has 0 radical (unpaired) electrons. The molecule has 2 aromatic heterocycles. The van der Waals surface area contributed by atoms with Gasteiger partial charge in [-0.3, -0.25) is 0 Å². The van der Waals surface area contributed by atoms with Gasteiger partial charge >= 0.3 is 0 Å². The first-order valence-corrected chi connectivity index (χ1v) is 6.04. The highest BCUT2D eigenvalue weighted by Gasteiger charge is 2.26. The summed E-state index contributed by atoms with van der Waals surface area (Å²) < 4.78 is 7.45. The van der Waals surface area contributed by atoms with Crippen LogP contribution >= 0.6 is 0 Å². The standard InChI is InChI=1S/C12H16N4O/c1-2-9(13)12-5-10(15-17-12)11-6-14-7-16(11)8-3-4-8/h5-9H,2-4,13H2,1H3. The lowest BCUT2D eigenvalue weighted by atomic mass is 10.1. The Kier molecular flexibility index (Phi) is 2.48. The fourth-order valence-electron chi connectivity index (χ4n) is 1.93. The first-order valence-electron chi connectivity index (χ1n) is 6.04. The molecule has 0 saturated heterocycles. The molecule has 1 fully saturated rings. The lowest BCUT2D eigenvalue weighted by Crippen LogP contribution is -2.06. The quantitative estimate of drug-likeness (QED) is 0.878. The fourth-order valence-corrected chi connectivity index (χ4v) is 1.93. The Morgan fingerprint density at radius 2 is 2.41 bits per heavy atom. The molecular weight excluding hydrogens is 216 g/mol. The summed E-state index contributed by atoms with van der Waals surface area (Å²) in [5.41, 5.74) is 7.76. The maximum absolute atomic E-state index is 5.92. The molecule has 1 aliphatic rings. The lowest BCUT2D eigenvalue weighted by Gasteiger charge is -2.02. The third-order valence-corrected chi connectivity index (χ3v) is 3.20. The average Bonchev–Trinajstić information content (AvgIpc) is 2.91. The van der Waals surface area contributed by atoms with E-state index in [0.29, 0.717) is 6.04 Å². The van der Waals surface area contributed by atoms with Crippen LogP contribution < -0.4 is 5.73 Å². The van der Waals surface area contributed by atoms with Crippen molar-refractivity contribution in [2.24, 2.45) is 5.73 Å². The van der Waals surface area contributed by atoms with Gasteiger partial charge in [-0.25, -0.2) is 4.98 Å². The van der Waals surface area contributed by atoms with Crippen molar-refractivity contribution < 1.29 is 4.52 Å². The molecule has 1 unspecified atom stereocenters. The van der Waals surface area contributed by atoms with E-state index in [1.165, 1.54) is 12.8 Å². The highest BCUT2D eigenvalue weighted by molar-refractivity contribution is 5.54. The predicted octanol–water partition coefficient (Wildman–Crippen LogP) is 2.28. The summed E-state index contributed by atoms with van der Waals surface area (Å²) in [6.07, 6.45) is 6.99. The SMILES string of the molecule is CCC(N)c1cc(-c2cncn2C2CC2)no1. The van der Waals surface area contributed by atoms with Gasteiger partial charge in [-0.1, -0.05) is 12.1 Å². The number of imidazole rings is 1. The Morgan fingerprint density at radius 3 is 3.12 bits per heavy atom. The third kappa shape index (κ3) is 1.86. The average molecular weight is 232 g/mol. The molecule has 0 amide bonds. The van der Waals surface area contributed by atoms with Crippen LogP contribution in [0.2, 0.25) is 0 Å². The van der Waals surface area contributed by atoms with Crippen molar-refractivity contribution >= 4 is 0 Å². The number of aromatic nitrogens is 3. The summed E-state index contributed by atoms with van der Waals surface area (Å²) in [7, 11) is 0. The first kappa shape index (κ1) is 10.5. The topological polar surface area (TPSA) is 69.9 Å². The van der Waals surface area contributed by atoms with E-state index in [-0.39, 0.29) is 6.04 Å². The molecule has 90 valence electrons. The molecule has 3 rings (SSSR count).